The van der Waals surface area contributed by atoms with Crippen molar-refractivity contribution in [3.63, 3.8) is 0 Å². The zero-order valence-corrected chi connectivity index (χ0v) is 11.8. The molecule has 1 saturated heterocycles. The molecule has 0 spiro atoms. The smallest absolute Gasteiger partial charge is 0.0683 e. The maximum atomic E-state index is 8.94. The van der Waals surface area contributed by atoms with Gasteiger partial charge in [0, 0.05) is 12.6 Å². The molecule has 2 unspecified atom stereocenters. The van der Waals surface area contributed by atoms with Crippen LogP contribution >= 0.6 is 0 Å². The van der Waals surface area contributed by atoms with Crippen LogP contribution in [0.3, 0.4) is 0 Å². The SMILES string of the molecule is CC1CN(C)CCC1NCCCC(C)(C)C#N. The first-order valence-electron chi connectivity index (χ1n) is 6.78. The monoisotopic (exact) mass is 237 g/mol. The summed E-state index contributed by atoms with van der Waals surface area (Å²) in [5.74, 6) is 0.734. The van der Waals surface area contributed by atoms with E-state index in [2.05, 4.69) is 30.3 Å². The maximum absolute atomic E-state index is 8.94. The van der Waals surface area contributed by atoms with Gasteiger partial charge in [0.2, 0.25) is 0 Å². The van der Waals surface area contributed by atoms with E-state index in [-0.39, 0.29) is 5.41 Å². The van der Waals surface area contributed by atoms with Crippen molar-refractivity contribution < 1.29 is 0 Å². The Hall–Kier alpha value is -0.590. The average Bonchev–Trinajstić information content (AvgIpc) is 2.27. The van der Waals surface area contributed by atoms with Gasteiger partial charge >= 0.3 is 0 Å². The fourth-order valence-electron chi connectivity index (χ4n) is 2.53. The number of likely N-dealkylation sites (tertiary alicyclic amines) is 1. The highest BCUT2D eigenvalue weighted by Crippen LogP contribution is 2.20. The summed E-state index contributed by atoms with van der Waals surface area (Å²) < 4.78 is 0. The Kier molecular flexibility index (Phi) is 5.42. The number of hydrogen-bond acceptors (Lipinski definition) is 3. The average molecular weight is 237 g/mol. The molecule has 17 heavy (non-hydrogen) atoms. The summed E-state index contributed by atoms with van der Waals surface area (Å²) in [5.41, 5.74) is -0.167. The Morgan fingerprint density at radius 3 is 2.76 bits per heavy atom. The van der Waals surface area contributed by atoms with E-state index in [0.717, 1.165) is 25.3 Å². The molecule has 0 aromatic carbocycles. The van der Waals surface area contributed by atoms with Crippen LogP contribution in [0.4, 0.5) is 0 Å². The van der Waals surface area contributed by atoms with Crippen molar-refractivity contribution in [3.8, 4) is 6.07 Å². The summed E-state index contributed by atoms with van der Waals surface area (Å²) in [5, 5.41) is 12.6. The molecule has 0 bridgehead atoms. The molecule has 98 valence electrons. The van der Waals surface area contributed by atoms with Crippen molar-refractivity contribution in [2.24, 2.45) is 11.3 Å². The largest absolute Gasteiger partial charge is 0.314 e. The standard InChI is InChI=1S/C14H27N3/c1-12-10-17(4)9-6-13(12)16-8-5-7-14(2,3)11-15/h12-13,16H,5-10H2,1-4H3. The van der Waals surface area contributed by atoms with Crippen molar-refractivity contribution in [1.82, 2.24) is 10.2 Å². The number of hydrogen-bond donors (Lipinski definition) is 1. The van der Waals surface area contributed by atoms with Gasteiger partial charge in [-0.3, -0.25) is 0 Å². The highest BCUT2D eigenvalue weighted by molar-refractivity contribution is 4.91. The number of nitrogens with one attached hydrogen (secondary N) is 1. The first-order chi connectivity index (χ1) is 7.94. The molecule has 1 heterocycles. The third-order valence-corrected chi connectivity index (χ3v) is 3.80. The third-order valence-electron chi connectivity index (χ3n) is 3.80. The quantitative estimate of drug-likeness (QED) is 0.745. The minimum atomic E-state index is -0.167. The lowest BCUT2D eigenvalue weighted by Gasteiger charge is -2.35. The maximum Gasteiger partial charge on any atom is 0.0683 e. The van der Waals surface area contributed by atoms with E-state index in [1.54, 1.807) is 0 Å². The van der Waals surface area contributed by atoms with E-state index in [0.29, 0.717) is 6.04 Å². The van der Waals surface area contributed by atoms with Crippen LogP contribution in [-0.4, -0.2) is 37.6 Å². The molecule has 1 rings (SSSR count). The zero-order chi connectivity index (χ0) is 12.9. The molecule has 1 fully saturated rings. The second-order valence-corrected chi connectivity index (χ2v) is 6.19. The molecule has 3 nitrogen and oxygen atoms in total. The van der Waals surface area contributed by atoms with Crippen molar-refractivity contribution in [2.75, 3.05) is 26.7 Å². The number of nitriles is 1. The van der Waals surface area contributed by atoms with Crippen molar-refractivity contribution in [2.45, 2.75) is 46.1 Å². The summed E-state index contributed by atoms with van der Waals surface area (Å²) in [6.07, 6.45) is 3.33. The van der Waals surface area contributed by atoms with Gasteiger partial charge in [0.1, 0.15) is 0 Å². The number of rotatable bonds is 5. The topological polar surface area (TPSA) is 39.1 Å². The van der Waals surface area contributed by atoms with Crippen molar-refractivity contribution in [3.05, 3.63) is 0 Å². The molecule has 2 atom stereocenters. The predicted octanol–water partition coefficient (Wildman–Crippen LogP) is 2.25. The second kappa shape index (κ2) is 6.37. The van der Waals surface area contributed by atoms with E-state index in [1.165, 1.54) is 19.5 Å². The van der Waals surface area contributed by atoms with Gasteiger partial charge in [-0.2, -0.15) is 5.26 Å². The molecule has 0 radical (unpaired) electrons. The molecule has 0 aromatic rings. The Labute approximate surface area is 106 Å². The summed E-state index contributed by atoms with van der Waals surface area (Å²) in [7, 11) is 2.20. The lowest BCUT2D eigenvalue weighted by molar-refractivity contribution is 0.174. The van der Waals surface area contributed by atoms with Gasteiger partial charge in [0.25, 0.3) is 0 Å². The fraction of sp³-hybridized carbons (Fsp3) is 0.929. The molecule has 0 saturated carbocycles. The third kappa shape index (κ3) is 5.06. The van der Waals surface area contributed by atoms with Crippen LogP contribution in [0, 0.1) is 22.7 Å². The molecule has 1 N–H and O–H groups in total. The second-order valence-electron chi connectivity index (χ2n) is 6.19. The highest BCUT2D eigenvalue weighted by atomic mass is 15.1. The summed E-state index contributed by atoms with van der Waals surface area (Å²) in [4.78, 5) is 2.40. The lowest BCUT2D eigenvalue weighted by atomic mass is 9.89. The van der Waals surface area contributed by atoms with Crippen molar-refractivity contribution >= 4 is 0 Å². The molecule has 1 aliphatic heterocycles. The van der Waals surface area contributed by atoms with Gasteiger partial charge in [-0.05, 0) is 59.2 Å². The van der Waals surface area contributed by atoms with Crippen LogP contribution in [0.15, 0.2) is 0 Å². The molecule has 0 aliphatic carbocycles. The van der Waals surface area contributed by atoms with Gasteiger partial charge in [0.05, 0.1) is 11.5 Å². The van der Waals surface area contributed by atoms with Crippen LogP contribution in [0.25, 0.3) is 0 Å². The minimum absolute atomic E-state index is 0.167. The van der Waals surface area contributed by atoms with Crippen LogP contribution in [0.1, 0.15) is 40.0 Å². The first kappa shape index (κ1) is 14.5. The van der Waals surface area contributed by atoms with E-state index in [9.17, 15) is 0 Å². The van der Waals surface area contributed by atoms with Crippen LogP contribution < -0.4 is 5.32 Å². The lowest BCUT2D eigenvalue weighted by Crippen LogP contribution is -2.47. The summed E-state index contributed by atoms with van der Waals surface area (Å²) >= 11 is 0. The molecule has 3 heteroatoms. The summed E-state index contributed by atoms with van der Waals surface area (Å²) in [6, 6.07) is 3.02. The Morgan fingerprint density at radius 1 is 1.47 bits per heavy atom. The molecular weight excluding hydrogens is 210 g/mol. The molecule has 0 amide bonds. The van der Waals surface area contributed by atoms with Gasteiger partial charge in [-0.1, -0.05) is 6.92 Å². The molecular formula is C14H27N3. The van der Waals surface area contributed by atoms with E-state index >= 15 is 0 Å². The van der Waals surface area contributed by atoms with Crippen LogP contribution in [0.5, 0.6) is 0 Å². The van der Waals surface area contributed by atoms with Crippen LogP contribution in [0.2, 0.25) is 0 Å². The van der Waals surface area contributed by atoms with Gasteiger partial charge in [-0.15, -0.1) is 0 Å². The normalized spacial score (nSPS) is 26.8. The zero-order valence-electron chi connectivity index (χ0n) is 11.8. The van der Waals surface area contributed by atoms with Gasteiger partial charge in [-0.25, -0.2) is 0 Å². The Bertz CT molecular complexity index is 267. The highest BCUT2D eigenvalue weighted by Gasteiger charge is 2.23. The van der Waals surface area contributed by atoms with Crippen LogP contribution in [-0.2, 0) is 0 Å². The van der Waals surface area contributed by atoms with E-state index in [1.807, 2.05) is 13.8 Å². The number of nitrogens with zero attached hydrogens (tertiary/aromatic N) is 2. The fourth-order valence-corrected chi connectivity index (χ4v) is 2.53. The molecule has 1 aliphatic rings. The minimum Gasteiger partial charge on any atom is -0.314 e. The molecule has 0 aromatic heterocycles. The van der Waals surface area contributed by atoms with E-state index < -0.39 is 0 Å². The van der Waals surface area contributed by atoms with Crippen molar-refractivity contribution in [1.29, 1.82) is 5.26 Å². The van der Waals surface area contributed by atoms with E-state index in [4.69, 9.17) is 5.26 Å². The summed E-state index contributed by atoms with van der Waals surface area (Å²) in [6.45, 7) is 9.81. The first-order valence-corrected chi connectivity index (χ1v) is 6.78. The number of piperidine rings is 1. The Balaban J connectivity index is 2.17. The Morgan fingerprint density at radius 2 is 2.18 bits per heavy atom. The van der Waals surface area contributed by atoms with Gasteiger partial charge in [0.15, 0.2) is 0 Å². The predicted molar refractivity (Wildman–Crippen MR) is 71.7 cm³/mol. The van der Waals surface area contributed by atoms with Gasteiger partial charge < -0.3 is 10.2 Å².